The van der Waals surface area contributed by atoms with E-state index >= 15 is 0 Å². The van der Waals surface area contributed by atoms with Crippen molar-refractivity contribution in [1.29, 1.82) is 10.8 Å². The quantitative estimate of drug-likeness (QED) is 0.147. The van der Waals surface area contributed by atoms with Gasteiger partial charge < -0.3 is 20.6 Å². The van der Waals surface area contributed by atoms with Crippen LogP contribution in [0, 0.1) is 10.8 Å². The van der Waals surface area contributed by atoms with Crippen molar-refractivity contribution in [2.75, 3.05) is 30.8 Å². The lowest BCUT2D eigenvalue weighted by atomic mass is 9.99. The Morgan fingerprint density at radius 1 is 1.16 bits per heavy atom. The summed E-state index contributed by atoms with van der Waals surface area (Å²) >= 11 is 6.07. The number of amidine groups is 2. The highest BCUT2D eigenvalue weighted by molar-refractivity contribution is 6.31. The summed E-state index contributed by atoms with van der Waals surface area (Å²) < 4.78 is 6.02. The molecule has 5 N–H and O–H groups in total. The number of halogens is 1. The van der Waals surface area contributed by atoms with Crippen molar-refractivity contribution in [2.24, 2.45) is 4.99 Å². The van der Waals surface area contributed by atoms with Gasteiger partial charge in [0, 0.05) is 21.8 Å². The van der Waals surface area contributed by atoms with Gasteiger partial charge in [-0.1, -0.05) is 42.8 Å². The topological polar surface area (TPSA) is 128 Å². The fraction of sp³-hybridized carbons (Fsp3) is 0.241. The van der Waals surface area contributed by atoms with Crippen molar-refractivity contribution in [3.63, 3.8) is 0 Å². The van der Waals surface area contributed by atoms with Crippen molar-refractivity contribution >= 4 is 46.6 Å². The molecular formula is C29H35ClN6O2. The highest BCUT2D eigenvalue weighted by Gasteiger charge is 2.25. The smallest absolute Gasteiger partial charge is 0.128 e. The molecule has 3 aromatic rings. The second-order valence-corrected chi connectivity index (χ2v) is 8.63. The lowest BCUT2D eigenvalue weighted by molar-refractivity contribution is -0.106. The lowest BCUT2D eigenvalue weighted by Crippen LogP contribution is -2.35. The Morgan fingerprint density at radius 2 is 1.76 bits per heavy atom. The zero-order valence-electron chi connectivity index (χ0n) is 22.2. The number of anilines is 2. The Labute approximate surface area is 229 Å². The van der Waals surface area contributed by atoms with Crippen molar-refractivity contribution in [3.05, 3.63) is 88.4 Å². The predicted molar refractivity (Wildman–Crippen MR) is 159 cm³/mol. The van der Waals surface area contributed by atoms with Crippen LogP contribution >= 0.6 is 11.6 Å². The molecule has 200 valence electrons. The van der Waals surface area contributed by atoms with Gasteiger partial charge in [0.2, 0.25) is 0 Å². The van der Waals surface area contributed by atoms with Crippen molar-refractivity contribution in [2.45, 2.75) is 27.4 Å². The fourth-order valence-corrected chi connectivity index (χ4v) is 3.59. The van der Waals surface area contributed by atoms with Crippen molar-refractivity contribution in [3.8, 4) is 5.75 Å². The lowest BCUT2D eigenvalue weighted by Gasteiger charge is -2.24. The summed E-state index contributed by atoms with van der Waals surface area (Å²) in [6.07, 6.45) is 0.750. The molecule has 9 heteroatoms. The monoisotopic (exact) mass is 534 g/mol. The van der Waals surface area contributed by atoms with Crippen LogP contribution < -0.4 is 20.7 Å². The molecule has 0 saturated carbocycles. The summed E-state index contributed by atoms with van der Waals surface area (Å²) in [6.45, 7) is 6.82. The van der Waals surface area contributed by atoms with E-state index in [-0.39, 0.29) is 18.2 Å². The van der Waals surface area contributed by atoms with E-state index in [2.05, 4.69) is 17.2 Å². The molecule has 0 radical (unpaired) electrons. The molecule has 38 heavy (non-hydrogen) atoms. The number of nitrogens with two attached hydrogens (primary N) is 1. The Hall–Kier alpha value is -4.01. The standard InChI is InChI=1S/C24H22ClN5O.C3H9N.C2H4O/c1-15(26)30-22-11-10-20(31-14-16-2-8-19(27)9-3-16)12-21(22)24(29-13-23(30)28)17-4-6-18(25)7-5-17;1-3-4-2;1-2-3/h2-12,26,28H,13-14,27H2,1H3;4H,3H2,1-2H3;2H,1H3. The van der Waals surface area contributed by atoms with Gasteiger partial charge in [0.15, 0.2) is 0 Å². The van der Waals surface area contributed by atoms with Crippen LogP contribution in [0.25, 0.3) is 0 Å². The Balaban J connectivity index is 0.000000650. The van der Waals surface area contributed by atoms with Crippen molar-refractivity contribution in [1.82, 2.24) is 5.32 Å². The molecule has 1 heterocycles. The van der Waals surface area contributed by atoms with E-state index in [1.807, 2.05) is 73.8 Å². The number of aliphatic imine (C=N–C) groups is 1. The maximum absolute atomic E-state index is 8.81. The number of hydrogen-bond acceptors (Lipinski definition) is 7. The van der Waals surface area contributed by atoms with Gasteiger partial charge in [-0.25, -0.2) is 0 Å². The molecule has 1 aliphatic rings. The van der Waals surface area contributed by atoms with E-state index < -0.39 is 0 Å². The molecule has 0 bridgehead atoms. The number of hydrogen-bond donors (Lipinski definition) is 4. The first-order valence-electron chi connectivity index (χ1n) is 12.1. The van der Waals surface area contributed by atoms with Gasteiger partial charge in [0.1, 0.15) is 30.3 Å². The molecule has 3 aromatic carbocycles. The minimum Gasteiger partial charge on any atom is -0.489 e. The number of benzodiazepines with no additional fused rings is 1. The molecule has 0 aromatic heterocycles. The largest absolute Gasteiger partial charge is 0.489 e. The second kappa shape index (κ2) is 15.3. The van der Waals surface area contributed by atoms with E-state index in [0.717, 1.165) is 40.9 Å². The number of fused-ring (bicyclic) bond motifs is 1. The van der Waals surface area contributed by atoms with Gasteiger partial charge >= 0.3 is 0 Å². The van der Waals surface area contributed by atoms with Gasteiger partial charge in [-0.2, -0.15) is 0 Å². The predicted octanol–water partition coefficient (Wildman–Crippen LogP) is 5.56. The van der Waals surface area contributed by atoms with E-state index in [0.29, 0.717) is 23.1 Å². The van der Waals surface area contributed by atoms with Crippen LogP contribution in [0.2, 0.25) is 5.02 Å². The second-order valence-electron chi connectivity index (χ2n) is 8.19. The summed E-state index contributed by atoms with van der Waals surface area (Å²) in [5.74, 6) is 1.18. The third kappa shape index (κ3) is 8.54. The summed E-state index contributed by atoms with van der Waals surface area (Å²) in [5, 5.41) is 20.2. The van der Waals surface area contributed by atoms with Crippen LogP contribution in [0.1, 0.15) is 37.5 Å². The van der Waals surface area contributed by atoms with Crippen LogP contribution in [0.15, 0.2) is 71.7 Å². The molecule has 0 amide bonds. The third-order valence-electron chi connectivity index (χ3n) is 5.31. The summed E-state index contributed by atoms with van der Waals surface area (Å²) in [6, 6.07) is 20.6. The minimum atomic E-state index is 0.171. The first kappa shape index (κ1) is 30.2. The SMILES string of the molecule is CC(=N)N1C(=N)CN=C(c2ccc(Cl)cc2)c2cc(OCc3ccc(N)cc3)ccc21.CC=O.CCNC. The van der Waals surface area contributed by atoms with E-state index in [9.17, 15) is 0 Å². The molecule has 0 unspecified atom stereocenters. The number of nitrogen functional groups attached to an aromatic ring is 1. The van der Waals surface area contributed by atoms with Gasteiger partial charge in [-0.3, -0.25) is 20.7 Å². The first-order chi connectivity index (χ1) is 18.2. The van der Waals surface area contributed by atoms with Gasteiger partial charge in [-0.05, 0) is 75.5 Å². The molecule has 8 nitrogen and oxygen atoms in total. The van der Waals surface area contributed by atoms with Crippen LogP contribution in [0.5, 0.6) is 5.75 Å². The van der Waals surface area contributed by atoms with E-state index in [1.54, 1.807) is 11.8 Å². The molecule has 0 atom stereocenters. The number of ether oxygens (including phenoxy) is 1. The van der Waals surface area contributed by atoms with Crippen molar-refractivity contribution < 1.29 is 9.53 Å². The zero-order chi connectivity index (χ0) is 28.1. The first-order valence-corrected chi connectivity index (χ1v) is 12.5. The number of benzene rings is 3. The summed E-state index contributed by atoms with van der Waals surface area (Å²) in [4.78, 5) is 15.1. The molecule has 0 spiro atoms. The minimum absolute atomic E-state index is 0.171. The van der Waals surface area contributed by atoms with Gasteiger partial charge in [-0.15, -0.1) is 0 Å². The molecule has 0 aliphatic carbocycles. The maximum Gasteiger partial charge on any atom is 0.128 e. The maximum atomic E-state index is 8.81. The number of nitrogens with zero attached hydrogens (tertiary/aromatic N) is 2. The van der Waals surface area contributed by atoms with Gasteiger partial charge in [0.05, 0.1) is 17.9 Å². The molecule has 1 aliphatic heterocycles. The number of carbonyl (C=O) groups is 1. The fourth-order valence-electron chi connectivity index (χ4n) is 3.46. The summed E-state index contributed by atoms with van der Waals surface area (Å²) in [5.41, 5.74) is 10.6. The van der Waals surface area contributed by atoms with E-state index in [4.69, 9.17) is 37.7 Å². The van der Waals surface area contributed by atoms with Crippen LogP contribution in [-0.4, -0.2) is 43.8 Å². The molecule has 4 rings (SSSR count). The van der Waals surface area contributed by atoms with Crippen LogP contribution in [-0.2, 0) is 11.4 Å². The average molecular weight is 535 g/mol. The molecule has 0 saturated heterocycles. The Bertz CT molecular complexity index is 1260. The summed E-state index contributed by atoms with van der Waals surface area (Å²) in [7, 11) is 1.93. The zero-order valence-corrected chi connectivity index (χ0v) is 23.0. The van der Waals surface area contributed by atoms with Gasteiger partial charge in [0.25, 0.3) is 0 Å². The number of carbonyl (C=O) groups excluding carboxylic acids is 1. The highest BCUT2D eigenvalue weighted by Crippen LogP contribution is 2.31. The Kier molecular flexibility index (Phi) is 12.2. The average Bonchev–Trinajstić information content (AvgIpc) is 3.05. The Morgan fingerprint density at radius 3 is 2.32 bits per heavy atom. The van der Waals surface area contributed by atoms with Crippen LogP contribution in [0.4, 0.5) is 11.4 Å². The number of nitrogens with one attached hydrogen (secondary N) is 3. The normalized spacial score (nSPS) is 12.0. The molecular weight excluding hydrogens is 500 g/mol. The van der Waals surface area contributed by atoms with Crippen LogP contribution in [0.3, 0.4) is 0 Å². The third-order valence-corrected chi connectivity index (χ3v) is 5.56. The van der Waals surface area contributed by atoms with E-state index in [1.165, 1.54) is 6.92 Å². The molecule has 0 fully saturated rings. The highest BCUT2D eigenvalue weighted by atomic mass is 35.5. The number of aldehydes is 1. The number of rotatable bonds is 5.